The van der Waals surface area contributed by atoms with E-state index >= 15 is 0 Å². The number of ether oxygens (including phenoxy) is 1. The second-order valence-electron chi connectivity index (χ2n) is 12.4. The lowest BCUT2D eigenvalue weighted by Gasteiger charge is -2.42. The third kappa shape index (κ3) is 4.88. The van der Waals surface area contributed by atoms with Crippen molar-refractivity contribution in [2.75, 3.05) is 23.7 Å². The Morgan fingerprint density at radius 1 is 1.19 bits per heavy atom. The number of aromatic nitrogens is 6. The van der Waals surface area contributed by atoms with E-state index in [1.165, 1.54) is 16.9 Å². The highest BCUT2D eigenvalue weighted by Gasteiger charge is 2.47. The Kier molecular flexibility index (Phi) is 6.35. The van der Waals surface area contributed by atoms with Crippen LogP contribution in [0.5, 0.6) is 0 Å². The molecule has 1 aliphatic heterocycles. The van der Waals surface area contributed by atoms with Crippen molar-refractivity contribution in [3.63, 3.8) is 0 Å². The van der Waals surface area contributed by atoms with Gasteiger partial charge < -0.3 is 30.4 Å². The first kappa shape index (κ1) is 27.5. The number of nitrogen functional groups attached to an aromatic ring is 1. The number of carboxylic acid groups (broad SMARTS) is 1. The number of aromatic carboxylic acids is 1. The lowest BCUT2D eigenvalue weighted by Crippen LogP contribution is -2.58. The number of nitrogens with one attached hydrogen (secondary N) is 1. The van der Waals surface area contributed by atoms with Gasteiger partial charge in [-0.1, -0.05) is 6.07 Å². The minimum absolute atomic E-state index is 0.0342. The summed E-state index contributed by atoms with van der Waals surface area (Å²) in [6, 6.07) is 7.45. The molecule has 6 rings (SSSR count). The molecule has 4 heterocycles. The maximum absolute atomic E-state index is 12.8. The second kappa shape index (κ2) is 9.71. The van der Waals surface area contributed by atoms with Gasteiger partial charge in [0, 0.05) is 33.3 Å². The van der Waals surface area contributed by atoms with Gasteiger partial charge >= 0.3 is 12.1 Å². The summed E-state index contributed by atoms with van der Waals surface area (Å²) in [6.45, 7) is 7.13. The van der Waals surface area contributed by atoms with Crippen LogP contribution >= 0.6 is 0 Å². The van der Waals surface area contributed by atoms with Crippen LogP contribution in [0.15, 0.2) is 30.5 Å². The third-order valence-electron chi connectivity index (χ3n) is 8.04. The largest absolute Gasteiger partial charge is 0.477 e. The summed E-state index contributed by atoms with van der Waals surface area (Å²) in [7, 11) is 3.48. The first-order valence-electron chi connectivity index (χ1n) is 13.9. The fourth-order valence-corrected chi connectivity index (χ4v) is 6.33. The first-order chi connectivity index (χ1) is 19.8. The predicted molar refractivity (Wildman–Crippen MR) is 157 cm³/mol. The van der Waals surface area contributed by atoms with Crippen molar-refractivity contribution in [3.05, 3.63) is 36.2 Å². The van der Waals surface area contributed by atoms with E-state index in [2.05, 4.69) is 26.4 Å². The first-order valence-corrected chi connectivity index (χ1v) is 13.9. The van der Waals surface area contributed by atoms with Crippen LogP contribution in [-0.2, 0) is 18.8 Å². The van der Waals surface area contributed by atoms with E-state index < -0.39 is 11.6 Å². The number of amides is 1. The number of aryl methyl sites for hydroxylation is 2. The Balaban J connectivity index is 1.36. The Morgan fingerprint density at radius 2 is 1.98 bits per heavy atom. The van der Waals surface area contributed by atoms with Crippen LogP contribution < -0.4 is 16.0 Å². The lowest BCUT2D eigenvalue weighted by molar-refractivity contribution is 0.0451. The molecule has 2 aliphatic rings. The van der Waals surface area contributed by atoms with Gasteiger partial charge in [-0.2, -0.15) is 5.10 Å². The summed E-state index contributed by atoms with van der Waals surface area (Å²) in [5.74, 6) is 0.0887. The van der Waals surface area contributed by atoms with Gasteiger partial charge in [-0.15, -0.1) is 0 Å². The van der Waals surface area contributed by atoms with E-state index in [0.29, 0.717) is 35.4 Å². The van der Waals surface area contributed by atoms with Crippen molar-refractivity contribution in [1.29, 1.82) is 0 Å². The summed E-state index contributed by atoms with van der Waals surface area (Å²) in [5.41, 5.74) is 9.23. The van der Waals surface area contributed by atoms with Gasteiger partial charge in [0.05, 0.1) is 28.5 Å². The maximum atomic E-state index is 12.8. The van der Waals surface area contributed by atoms with Gasteiger partial charge in [0.2, 0.25) is 0 Å². The third-order valence-corrected chi connectivity index (χ3v) is 8.04. The molecule has 13 heteroatoms. The van der Waals surface area contributed by atoms with E-state index in [1.807, 2.05) is 44.5 Å². The molecule has 42 heavy (non-hydrogen) atoms. The van der Waals surface area contributed by atoms with Gasteiger partial charge in [-0.3, -0.25) is 4.68 Å². The number of alkyl carbamates (subject to hydrolysis) is 1. The molecule has 4 aromatic rings. The number of carbonyl (C=O) groups is 2. The average Bonchev–Trinajstić information content (AvgIpc) is 3.55. The topological polar surface area (TPSA) is 166 Å². The van der Waals surface area contributed by atoms with Crippen LogP contribution in [0.2, 0.25) is 0 Å². The van der Waals surface area contributed by atoms with Gasteiger partial charge in [-0.25, -0.2) is 24.5 Å². The molecule has 220 valence electrons. The normalized spacial score (nSPS) is 20.2. The van der Waals surface area contributed by atoms with Gasteiger partial charge in [0.25, 0.3) is 0 Å². The Morgan fingerprint density at radius 3 is 2.69 bits per heavy atom. The molecule has 2 atom stereocenters. The van der Waals surface area contributed by atoms with E-state index in [9.17, 15) is 14.7 Å². The van der Waals surface area contributed by atoms with Gasteiger partial charge in [0.1, 0.15) is 28.4 Å². The van der Waals surface area contributed by atoms with Crippen molar-refractivity contribution in [2.45, 2.75) is 51.2 Å². The predicted octanol–water partition coefficient (Wildman–Crippen LogP) is 3.59. The average molecular weight is 574 g/mol. The molecule has 2 fully saturated rings. The number of piperidine rings is 1. The number of para-hydroxylation sites is 1. The van der Waals surface area contributed by atoms with Gasteiger partial charge in [-0.05, 0) is 58.1 Å². The van der Waals surface area contributed by atoms with Crippen LogP contribution in [0.25, 0.3) is 33.9 Å². The molecule has 1 saturated carbocycles. The molecule has 2 bridgehead atoms. The lowest BCUT2D eigenvalue weighted by atomic mass is 9.90. The molecular formula is C29H35N9O4. The molecule has 13 nitrogen and oxygen atoms in total. The molecule has 0 radical (unpaired) electrons. The zero-order valence-corrected chi connectivity index (χ0v) is 24.4. The number of rotatable bonds is 5. The molecule has 1 saturated heterocycles. The zero-order chi connectivity index (χ0) is 30.0. The molecule has 0 spiro atoms. The van der Waals surface area contributed by atoms with E-state index in [4.69, 9.17) is 20.4 Å². The number of hydrogen-bond donors (Lipinski definition) is 3. The smallest absolute Gasteiger partial charge is 0.408 e. The molecule has 1 amide bonds. The molecule has 1 aliphatic carbocycles. The Bertz CT molecular complexity index is 1720. The van der Waals surface area contributed by atoms with E-state index in [1.54, 1.807) is 7.05 Å². The molecule has 1 aromatic carbocycles. The monoisotopic (exact) mass is 573 g/mol. The second-order valence-corrected chi connectivity index (χ2v) is 12.4. The molecule has 3 aromatic heterocycles. The number of carboxylic acids is 1. The SMILES string of the molecule is Cn1nc(-c2cnc(N)c(-c3nc4cccc(N5CC6CCC(NC(=O)OC(C)(C)C)(C6)C5)c4n3C)n2)cc1C(=O)O. The van der Waals surface area contributed by atoms with Gasteiger partial charge in [0.15, 0.2) is 11.6 Å². The van der Waals surface area contributed by atoms with Crippen LogP contribution in [-0.4, -0.2) is 70.7 Å². The van der Waals surface area contributed by atoms with Crippen LogP contribution in [0, 0.1) is 5.92 Å². The number of benzene rings is 1. The minimum Gasteiger partial charge on any atom is -0.477 e. The van der Waals surface area contributed by atoms with E-state index in [0.717, 1.165) is 42.5 Å². The quantitative estimate of drug-likeness (QED) is 0.321. The zero-order valence-electron chi connectivity index (χ0n) is 24.4. The summed E-state index contributed by atoms with van der Waals surface area (Å²) in [6.07, 6.45) is 3.95. The fraction of sp³-hybridized carbons (Fsp3) is 0.448. The summed E-state index contributed by atoms with van der Waals surface area (Å²) < 4.78 is 8.84. The fourth-order valence-electron chi connectivity index (χ4n) is 6.33. The number of nitrogens with two attached hydrogens (primary N) is 1. The number of fused-ring (bicyclic) bond motifs is 3. The Hall–Kier alpha value is -4.68. The van der Waals surface area contributed by atoms with Crippen LogP contribution in [0.3, 0.4) is 0 Å². The van der Waals surface area contributed by atoms with Crippen LogP contribution in [0.4, 0.5) is 16.3 Å². The number of carbonyl (C=O) groups excluding carboxylic acids is 1. The number of hydrogen-bond acceptors (Lipinski definition) is 9. The van der Waals surface area contributed by atoms with Crippen molar-refractivity contribution in [1.82, 2.24) is 34.6 Å². The number of anilines is 2. The number of imidazole rings is 1. The minimum atomic E-state index is -1.09. The summed E-state index contributed by atoms with van der Waals surface area (Å²) >= 11 is 0. The van der Waals surface area contributed by atoms with Crippen molar-refractivity contribution >= 4 is 34.6 Å². The highest BCUT2D eigenvalue weighted by Crippen LogP contribution is 2.43. The van der Waals surface area contributed by atoms with Crippen molar-refractivity contribution < 1.29 is 19.4 Å². The molecule has 2 unspecified atom stereocenters. The Labute approximate surface area is 242 Å². The number of nitrogens with zero attached hydrogens (tertiary/aromatic N) is 7. The molecular weight excluding hydrogens is 538 g/mol. The van der Waals surface area contributed by atoms with E-state index in [-0.39, 0.29) is 23.1 Å². The standard InChI is InChI=1S/C29H35N9O4/c1-28(2,3)42-27(41)34-29-10-9-16(12-29)14-38(15-29)20-8-6-7-17-23(20)36(4)25(33-17)22-24(30)31-13-19(32-22)18-11-21(26(39)40)37(5)35-18/h6-8,11,13,16H,9-10,12,14-15H2,1-5H3,(H2,30,31)(H,34,41)(H,39,40). The van der Waals surface area contributed by atoms with Crippen molar-refractivity contribution in [3.8, 4) is 22.9 Å². The van der Waals surface area contributed by atoms with Crippen molar-refractivity contribution in [2.24, 2.45) is 20.0 Å². The highest BCUT2D eigenvalue weighted by molar-refractivity contribution is 5.93. The summed E-state index contributed by atoms with van der Waals surface area (Å²) in [5, 5.41) is 16.9. The molecule has 4 N–H and O–H groups in total. The summed E-state index contributed by atoms with van der Waals surface area (Å²) in [4.78, 5) is 40.6. The highest BCUT2D eigenvalue weighted by atomic mass is 16.6. The van der Waals surface area contributed by atoms with Crippen LogP contribution in [0.1, 0.15) is 50.5 Å². The maximum Gasteiger partial charge on any atom is 0.408 e.